The number of hydrogen-bond acceptors (Lipinski definition) is 2. The van der Waals surface area contributed by atoms with Gasteiger partial charge in [0.1, 0.15) is 11.9 Å². The second-order valence-electron chi connectivity index (χ2n) is 2.13. The van der Waals surface area contributed by atoms with Gasteiger partial charge in [-0.1, -0.05) is 11.8 Å². The van der Waals surface area contributed by atoms with E-state index in [9.17, 15) is 13.2 Å². The van der Waals surface area contributed by atoms with Crippen LogP contribution in [0.15, 0.2) is 23.1 Å². The lowest BCUT2D eigenvalue weighted by Crippen LogP contribution is -1.86. The van der Waals surface area contributed by atoms with E-state index in [0.29, 0.717) is 0 Å². The SMILES string of the molecule is N#Cc1cc(SC(F)F)ccc1F. The molecule has 0 saturated carbocycles. The summed E-state index contributed by atoms with van der Waals surface area (Å²) >= 11 is 0.286. The highest BCUT2D eigenvalue weighted by molar-refractivity contribution is 7.99. The summed E-state index contributed by atoms with van der Waals surface area (Å²) in [5.74, 6) is -3.25. The Hall–Kier alpha value is -1.15. The van der Waals surface area contributed by atoms with Crippen molar-refractivity contribution in [3.05, 3.63) is 29.6 Å². The van der Waals surface area contributed by atoms with Gasteiger partial charge in [-0.05, 0) is 18.2 Å². The molecule has 0 fully saturated rings. The fourth-order valence-electron chi connectivity index (χ4n) is 0.766. The van der Waals surface area contributed by atoms with Crippen molar-refractivity contribution in [3.63, 3.8) is 0 Å². The molecule has 5 heteroatoms. The normalized spacial score (nSPS) is 10.1. The van der Waals surface area contributed by atoms with Crippen molar-refractivity contribution in [1.29, 1.82) is 5.26 Å². The van der Waals surface area contributed by atoms with Crippen LogP contribution >= 0.6 is 11.8 Å². The summed E-state index contributed by atoms with van der Waals surface area (Å²) in [6, 6.07) is 4.90. The van der Waals surface area contributed by atoms with Crippen LogP contribution in [-0.2, 0) is 0 Å². The maximum Gasteiger partial charge on any atom is 0.288 e. The van der Waals surface area contributed by atoms with Crippen LogP contribution in [0.25, 0.3) is 0 Å². The molecule has 0 saturated heterocycles. The number of halogens is 3. The van der Waals surface area contributed by atoms with Crippen molar-refractivity contribution in [2.45, 2.75) is 10.7 Å². The highest BCUT2D eigenvalue weighted by Gasteiger charge is 2.08. The Bertz CT molecular complexity index is 346. The van der Waals surface area contributed by atoms with E-state index in [1.807, 2.05) is 0 Å². The monoisotopic (exact) mass is 203 g/mol. The Kier molecular flexibility index (Phi) is 3.20. The second-order valence-corrected chi connectivity index (χ2v) is 3.20. The largest absolute Gasteiger partial charge is 0.288 e. The minimum Gasteiger partial charge on any atom is -0.206 e. The van der Waals surface area contributed by atoms with E-state index in [4.69, 9.17) is 5.26 Å². The van der Waals surface area contributed by atoms with Crippen molar-refractivity contribution in [2.24, 2.45) is 0 Å². The van der Waals surface area contributed by atoms with Crippen LogP contribution < -0.4 is 0 Å². The molecule has 0 aliphatic rings. The van der Waals surface area contributed by atoms with Crippen molar-refractivity contribution in [3.8, 4) is 6.07 Å². The van der Waals surface area contributed by atoms with E-state index in [1.165, 1.54) is 6.07 Å². The summed E-state index contributed by atoms with van der Waals surface area (Å²) in [6.45, 7) is 0. The number of nitriles is 1. The maximum absolute atomic E-state index is 12.7. The molecule has 0 aliphatic heterocycles. The molecule has 0 unspecified atom stereocenters. The van der Waals surface area contributed by atoms with Crippen LogP contribution in [0, 0.1) is 17.1 Å². The van der Waals surface area contributed by atoms with Crippen LogP contribution in [-0.4, -0.2) is 5.76 Å². The van der Waals surface area contributed by atoms with Crippen molar-refractivity contribution >= 4 is 11.8 Å². The molecule has 0 N–H and O–H groups in total. The zero-order chi connectivity index (χ0) is 9.84. The van der Waals surface area contributed by atoms with Crippen LogP contribution in [0.1, 0.15) is 5.56 Å². The van der Waals surface area contributed by atoms with Gasteiger partial charge in [0.05, 0.1) is 5.56 Å². The first-order valence-corrected chi connectivity index (χ1v) is 4.16. The quantitative estimate of drug-likeness (QED) is 0.690. The van der Waals surface area contributed by atoms with Crippen molar-refractivity contribution in [1.82, 2.24) is 0 Å². The standard InChI is InChI=1S/C8H4F3NS/c9-7-2-1-6(13-8(10)11)3-5(7)4-12/h1-3,8H. The van der Waals surface area contributed by atoms with E-state index < -0.39 is 11.6 Å². The zero-order valence-electron chi connectivity index (χ0n) is 6.30. The third kappa shape index (κ3) is 2.67. The molecular formula is C8H4F3NS. The number of thioether (sulfide) groups is 1. The zero-order valence-corrected chi connectivity index (χ0v) is 7.12. The molecule has 1 nitrogen and oxygen atoms in total. The summed E-state index contributed by atoms with van der Waals surface area (Å²) in [4.78, 5) is 0.188. The number of benzene rings is 1. The number of alkyl halides is 2. The fourth-order valence-corrected chi connectivity index (χ4v) is 1.30. The average Bonchev–Trinajstić information content (AvgIpc) is 2.07. The molecule has 0 amide bonds. The Morgan fingerprint density at radius 3 is 2.62 bits per heavy atom. The topological polar surface area (TPSA) is 23.8 Å². The molecule has 0 atom stereocenters. The van der Waals surface area contributed by atoms with E-state index in [1.54, 1.807) is 6.07 Å². The van der Waals surface area contributed by atoms with Crippen molar-refractivity contribution < 1.29 is 13.2 Å². The van der Waals surface area contributed by atoms with Gasteiger partial charge in [-0.25, -0.2) is 4.39 Å². The molecule has 13 heavy (non-hydrogen) atoms. The average molecular weight is 203 g/mol. The van der Waals surface area contributed by atoms with E-state index in [-0.39, 0.29) is 22.2 Å². The maximum atomic E-state index is 12.7. The van der Waals surface area contributed by atoms with Crippen LogP contribution in [0.3, 0.4) is 0 Å². The Balaban J connectivity index is 2.95. The lowest BCUT2D eigenvalue weighted by Gasteiger charge is -2.00. The molecule has 0 bridgehead atoms. The molecule has 1 aromatic rings. The van der Waals surface area contributed by atoms with Gasteiger partial charge in [0.25, 0.3) is 5.76 Å². The number of rotatable bonds is 2. The van der Waals surface area contributed by atoms with Gasteiger partial charge in [0.2, 0.25) is 0 Å². The lowest BCUT2D eigenvalue weighted by atomic mass is 10.2. The van der Waals surface area contributed by atoms with Crippen LogP contribution in [0.5, 0.6) is 0 Å². The smallest absolute Gasteiger partial charge is 0.206 e. The van der Waals surface area contributed by atoms with Gasteiger partial charge in [0, 0.05) is 4.90 Å². The van der Waals surface area contributed by atoms with E-state index in [0.717, 1.165) is 12.1 Å². The van der Waals surface area contributed by atoms with Crippen LogP contribution in [0.4, 0.5) is 13.2 Å². The third-order valence-corrected chi connectivity index (χ3v) is 1.99. The molecule has 0 aliphatic carbocycles. The first-order valence-electron chi connectivity index (χ1n) is 3.28. The number of nitrogens with zero attached hydrogens (tertiary/aromatic N) is 1. The van der Waals surface area contributed by atoms with Gasteiger partial charge in [-0.3, -0.25) is 0 Å². The minimum absolute atomic E-state index is 0.188. The first kappa shape index (κ1) is 9.93. The molecule has 0 radical (unpaired) electrons. The first-order chi connectivity index (χ1) is 6.13. The predicted molar refractivity (Wildman–Crippen MR) is 43.0 cm³/mol. The molecular weight excluding hydrogens is 199 g/mol. The highest BCUT2D eigenvalue weighted by atomic mass is 32.2. The van der Waals surface area contributed by atoms with E-state index >= 15 is 0 Å². The minimum atomic E-state index is -2.56. The highest BCUT2D eigenvalue weighted by Crippen LogP contribution is 2.26. The second kappa shape index (κ2) is 4.19. The molecule has 1 aromatic carbocycles. The summed E-state index contributed by atoms with van der Waals surface area (Å²) in [5, 5.41) is 8.39. The molecule has 0 aromatic heterocycles. The van der Waals surface area contributed by atoms with E-state index in [2.05, 4.69) is 0 Å². The summed E-state index contributed by atoms with van der Waals surface area (Å²) in [5.41, 5.74) is -0.217. The Morgan fingerprint density at radius 2 is 2.08 bits per heavy atom. The third-order valence-electron chi connectivity index (χ3n) is 1.28. The fraction of sp³-hybridized carbons (Fsp3) is 0.125. The lowest BCUT2D eigenvalue weighted by molar-refractivity contribution is 0.252. The predicted octanol–water partition coefficient (Wildman–Crippen LogP) is 3.01. The summed E-state index contributed by atoms with van der Waals surface area (Å²) in [6.07, 6.45) is 0. The molecule has 68 valence electrons. The molecule has 0 spiro atoms. The molecule has 1 rings (SSSR count). The Morgan fingerprint density at radius 1 is 1.38 bits per heavy atom. The van der Waals surface area contributed by atoms with Gasteiger partial charge in [0.15, 0.2) is 0 Å². The van der Waals surface area contributed by atoms with Crippen molar-refractivity contribution in [2.75, 3.05) is 0 Å². The van der Waals surface area contributed by atoms with Gasteiger partial charge in [-0.15, -0.1) is 0 Å². The summed E-state index contributed by atoms with van der Waals surface area (Å²) in [7, 11) is 0. The summed E-state index contributed by atoms with van der Waals surface area (Å²) < 4.78 is 36.4. The van der Waals surface area contributed by atoms with Gasteiger partial charge < -0.3 is 0 Å². The molecule has 0 heterocycles. The van der Waals surface area contributed by atoms with Crippen LogP contribution in [0.2, 0.25) is 0 Å². The van der Waals surface area contributed by atoms with Gasteiger partial charge >= 0.3 is 0 Å². The number of hydrogen-bond donors (Lipinski definition) is 0. The van der Waals surface area contributed by atoms with Gasteiger partial charge in [-0.2, -0.15) is 14.0 Å². The Labute approximate surface area is 77.2 Å².